The summed E-state index contributed by atoms with van der Waals surface area (Å²) >= 11 is 10.3. The van der Waals surface area contributed by atoms with E-state index in [2.05, 4.69) is 15.9 Å². The minimum absolute atomic E-state index is 0.0206. The van der Waals surface area contributed by atoms with Crippen molar-refractivity contribution in [3.63, 3.8) is 0 Å². The molecule has 128 valence electrons. The highest BCUT2D eigenvalue weighted by Gasteiger charge is 2.37. The summed E-state index contributed by atoms with van der Waals surface area (Å²) in [6.45, 7) is 1.12. The molecule has 4 rings (SSSR count). The zero-order valence-electron chi connectivity index (χ0n) is 13.1. The van der Waals surface area contributed by atoms with Gasteiger partial charge in [-0.3, -0.25) is 9.69 Å². The topological polar surface area (TPSA) is 38.8 Å². The third-order valence-corrected chi connectivity index (χ3v) is 6.07. The van der Waals surface area contributed by atoms with Crippen LogP contribution in [0.1, 0.15) is 5.56 Å². The lowest BCUT2D eigenvalue weighted by molar-refractivity contribution is -0.116. The number of nitrogens with zero attached hydrogens (tertiary/aromatic N) is 1. The van der Waals surface area contributed by atoms with E-state index in [1.54, 1.807) is 4.90 Å². The van der Waals surface area contributed by atoms with Gasteiger partial charge in [0.05, 0.1) is 10.9 Å². The monoisotopic (exact) mass is 435 g/mol. The van der Waals surface area contributed by atoms with Gasteiger partial charge in [-0.25, -0.2) is 0 Å². The van der Waals surface area contributed by atoms with Crippen molar-refractivity contribution >= 4 is 55.8 Å². The molecule has 1 unspecified atom stereocenters. The van der Waals surface area contributed by atoms with E-state index in [4.69, 9.17) is 21.7 Å². The van der Waals surface area contributed by atoms with E-state index in [1.165, 1.54) is 11.8 Å². The number of thioether (sulfide) groups is 1. The lowest BCUT2D eigenvalue weighted by Crippen LogP contribution is -2.31. The third-order valence-electron chi connectivity index (χ3n) is 4.03. The van der Waals surface area contributed by atoms with E-state index >= 15 is 0 Å². The smallest absolute Gasteiger partial charge is 0.246 e. The van der Waals surface area contributed by atoms with Crippen LogP contribution in [0.2, 0.25) is 0 Å². The molecule has 7 heteroatoms. The summed E-state index contributed by atoms with van der Waals surface area (Å²) in [5.74, 6) is 1.52. The number of ether oxygens (including phenoxy) is 2. The van der Waals surface area contributed by atoms with Gasteiger partial charge < -0.3 is 9.47 Å². The first kappa shape index (κ1) is 16.9. The second kappa shape index (κ2) is 6.97. The fourth-order valence-corrected chi connectivity index (χ4v) is 4.67. The average Bonchev–Trinajstić information content (AvgIpc) is 2.89. The Morgan fingerprint density at radius 3 is 2.60 bits per heavy atom. The summed E-state index contributed by atoms with van der Waals surface area (Å²) in [6, 6.07) is 13.4. The largest absolute Gasteiger partial charge is 0.486 e. The first-order valence-electron chi connectivity index (χ1n) is 7.80. The number of fused-ring (bicyclic) bond motifs is 1. The molecule has 0 aliphatic carbocycles. The van der Waals surface area contributed by atoms with E-state index < -0.39 is 0 Å². The predicted molar refractivity (Wildman–Crippen MR) is 107 cm³/mol. The Balaban J connectivity index is 1.53. The second-order valence-corrected chi connectivity index (χ2v) is 8.46. The number of rotatable bonds is 3. The molecule has 1 fully saturated rings. The Morgan fingerprint density at radius 1 is 1.12 bits per heavy atom. The van der Waals surface area contributed by atoms with E-state index in [0.29, 0.717) is 24.0 Å². The molecule has 0 saturated carbocycles. The summed E-state index contributed by atoms with van der Waals surface area (Å²) in [5.41, 5.74) is 1.84. The molecule has 4 nitrogen and oxygen atoms in total. The van der Waals surface area contributed by atoms with Crippen LogP contribution in [0.3, 0.4) is 0 Å². The third kappa shape index (κ3) is 3.41. The zero-order chi connectivity index (χ0) is 17.4. The molecule has 0 radical (unpaired) electrons. The molecule has 2 aromatic rings. The van der Waals surface area contributed by atoms with Gasteiger partial charge in [0, 0.05) is 4.47 Å². The minimum Gasteiger partial charge on any atom is -0.486 e. The van der Waals surface area contributed by atoms with Gasteiger partial charge in [0.2, 0.25) is 5.91 Å². The Labute approximate surface area is 163 Å². The predicted octanol–water partition coefficient (Wildman–Crippen LogP) is 4.20. The minimum atomic E-state index is -0.223. The first-order chi connectivity index (χ1) is 12.1. The number of carbonyl (C=O) groups is 1. The zero-order valence-corrected chi connectivity index (χ0v) is 16.3. The molecule has 1 saturated heterocycles. The highest BCUT2D eigenvalue weighted by atomic mass is 79.9. The molecular formula is C18H14BrNO3S2. The van der Waals surface area contributed by atoms with Crippen LogP contribution in [0.5, 0.6) is 11.5 Å². The molecule has 0 aromatic heterocycles. The molecule has 0 N–H and O–H groups in total. The fourth-order valence-electron chi connectivity index (χ4n) is 2.84. The van der Waals surface area contributed by atoms with E-state index in [0.717, 1.165) is 27.2 Å². The molecule has 0 bridgehead atoms. The van der Waals surface area contributed by atoms with Crippen molar-refractivity contribution in [3.05, 3.63) is 52.5 Å². The van der Waals surface area contributed by atoms with E-state index in [9.17, 15) is 4.79 Å². The standard InChI is InChI=1S/C18H14BrNO3S2/c19-12-2-4-13(5-3-12)20-17(21)16(25-18(20)24)10-11-1-6-14-15(9-11)23-8-7-22-14/h1-6,9,16H,7-8,10H2. The van der Waals surface area contributed by atoms with Gasteiger partial charge in [-0.1, -0.05) is 46.0 Å². The van der Waals surface area contributed by atoms with Crippen molar-refractivity contribution in [1.82, 2.24) is 0 Å². The fraction of sp³-hybridized carbons (Fsp3) is 0.222. The molecule has 1 atom stereocenters. The van der Waals surface area contributed by atoms with Crippen LogP contribution < -0.4 is 14.4 Å². The van der Waals surface area contributed by atoms with Crippen molar-refractivity contribution in [1.29, 1.82) is 0 Å². The van der Waals surface area contributed by atoms with Crippen molar-refractivity contribution in [2.24, 2.45) is 0 Å². The van der Waals surface area contributed by atoms with Crippen molar-refractivity contribution in [3.8, 4) is 11.5 Å². The quantitative estimate of drug-likeness (QED) is 0.675. The van der Waals surface area contributed by atoms with Crippen LogP contribution >= 0.6 is 39.9 Å². The number of amides is 1. The van der Waals surface area contributed by atoms with Crippen molar-refractivity contribution in [2.45, 2.75) is 11.7 Å². The van der Waals surface area contributed by atoms with Gasteiger partial charge in [-0.15, -0.1) is 0 Å². The van der Waals surface area contributed by atoms with Crippen molar-refractivity contribution in [2.75, 3.05) is 18.1 Å². The molecule has 25 heavy (non-hydrogen) atoms. The number of hydrogen-bond donors (Lipinski definition) is 0. The Bertz CT molecular complexity index is 841. The van der Waals surface area contributed by atoms with E-state index in [1.807, 2.05) is 42.5 Å². The van der Waals surface area contributed by atoms with Gasteiger partial charge in [-0.2, -0.15) is 0 Å². The highest BCUT2D eigenvalue weighted by Crippen LogP contribution is 2.36. The molecule has 1 amide bonds. The van der Waals surface area contributed by atoms with Crippen LogP contribution in [-0.4, -0.2) is 28.7 Å². The maximum atomic E-state index is 12.8. The maximum Gasteiger partial charge on any atom is 0.246 e. The Kier molecular flexibility index (Phi) is 4.71. The second-order valence-electron chi connectivity index (χ2n) is 5.70. The van der Waals surface area contributed by atoms with Crippen LogP contribution in [0.15, 0.2) is 46.9 Å². The molecular weight excluding hydrogens is 422 g/mol. The molecule has 2 aromatic carbocycles. The van der Waals surface area contributed by atoms with Gasteiger partial charge in [0.15, 0.2) is 11.5 Å². The van der Waals surface area contributed by atoms with Crippen LogP contribution in [0.25, 0.3) is 0 Å². The number of halogens is 1. The van der Waals surface area contributed by atoms with Crippen LogP contribution in [-0.2, 0) is 11.2 Å². The summed E-state index contributed by atoms with van der Waals surface area (Å²) in [6.07, 6.45) is 0.604. The first-order valence-corrected chi connectivity index (χ1v) is 9.88. The number of hydrogen-bond acceptors (Lipinski definition) is 5. The number of benzene rings is 2. The Morgan fingerprint density at radius 2 is 1.84 bits per heavy atom. The van der Waals surface area contributed by atoms with Gasteiger partial charge in [0.1, 0.15) is 17.5 Å². The van der Waals surface area contributed by atoms with Crippen molar-refractivity contribution < 1.29 is 14.3 Å². The number of thiocarbonyl (C=S) groups is 1. The summed E-state index contributed by atoms with van der Waals surface area (Å²) < 4.78 is 12.7. The normalized spacial score (nSPS) is 19.4. The number of carbonyl (C=O) groups excluding carboxylic acids is 1. The lowest BCUT2D eigenvalue weighted by Gasteiger charge is -2.19. The Hall–Kier alpha value is -1.57. The van der Waals surface area contributed by atoms with Crippen LogP contribution in [0.4, 0.5) is 5.69 Å². The highest BCUT2D eigenvalue weighted by molar-refractivity contribution is 9.10. The number of anilines is 1. The van der Waals surface area contributed by atoms with Crippen LogP contribution in [0, 0.1) is 0 Å². The average molecular weight is 436 g/mol. The molecule has 2 aliphatic heterocycles. The molecule has 2 aliphatic rings. The lowest BCUT2D eigenvalue weighted by atomic mass is 10.1. The molecule has 0 spiro atoms. The van der Waals surface area contributed by atoms with Gasteiger partial charge >= 0.3 is 0 Å². The van der Waals surface area contributed by atoms with Gasteiger partial charge in [0.25, 0.3) is 0 Å². The SMILES string of the molecule is O=C1C(Cc2ccc3c(c2)OCCO3)SC(=S)N1c1ccc(Br)cc1. The van der Waals surface area contributed by atoms with E-state index in [-0.39, 0.29) is 11.2 Å². The summed E-state index contributed by atoms with van der Waals surface area (Å²) in [5, 5.41) is -0.223. The summed E-state index contributed by atoms with van der Waals surface area (Å²) in [4.78, 5) is 14.5. The summed E-state index contributed by atoms with van der Waals surface area (Å²) in [7, 11) is 0. The van der Waals surface area contributed by atoms with Gasteiger partial charge in [-0.05, 0) is 48.4 Å². The molecule has 2 heterocycles. The maximum absolute atomic E-state index is 12.8.